The Balaban J connectivity index is 1.20. The van der Waals surface area contributed by atoms with Gasteiger partial charge in [0.25, 0.3) is 0 Å². The van der Waals surface area contributed by atoms with Gasteiger partial charge in [-0.2, -0.15) is 0 Å². The SMILES string of the molecule is CCCCCCCCCCCOC[C@@H]1[C@H](COCCCCCCCCCCC)[C@@H]2C[C@@H]1[C@@H](O[C@@H]1O[C@H](CO)[C@@H](O[C@H]3O[C@H](CO)[C@@H](O)[C@H](O)[C@H]3O)[C@H](O)[C@H]1O)[C@H]2O[C@@H]1O[C@H](CO)[C@@H](O[C@H]2O[C@H](CO)[C@@H](O)[C@H](O)[C@H]2O)[C@H](O)[C@H]1O. The molecule has 0 spiro atoms. The van der Waals surface area contributed by atoms with Crippen molar-refractivity contribution in [3.05, 3.63) is 0 Å². The molecule has 0 aromatic carbocycles. The summed E-state index contributed by atoms with van der Waals surface area (Å²) in [6.07, 6.45) is -15.0. The van der Waals surface area contributed by atoms with Crippen LogP contribution in [-0.4, -0.2) is 259 Å². The van der Waals surface area contributed by atoms with Crippen LogP contribution in [0, 0.1) is 23.7 Å². The van der Waals surface area contributed by atoms with Crippen molar-refractivity contribution in [1.29, 1.82) is 0 Å². The van der Waals surface area contributed by atoms with Crippen LogP contribution in [0.3, 0.4) is 0 Å². The minimum absolute atomic E-state index is 0.206. The lowest BCUT2D eigenvalue weighted by Gasteiger charge is -2.49. The molecular weight excluding hydrogens is 1040 g/mol. The van der Waals surface area contributed by atoms with Gasteiger partial charge >= 0.3 is 0 Å². The number of aliphatic hydroxyl groups is 14. The summed E-state index contributed by atoms with van der Waals surface area (Å²) in [6.45, 7) is 2.90. The molecule has 6 fully saturated rings. The number of fused-ring (bicyclic) bond motifs is 2. The van der Waals surface area contributed by atoms with E-state index < -0.39 is 173 Å². The van der Waals surface area contributed by atoms with Crippen LogP contribution in [-0.2, 0) is 47.4 Å². The highest BCUT2D eigenvalue weighted by atomic mass is 16.8. The van der Waals surface area contributed by atoms with E-state index in [0.717, 1.165) is 51.4 Å². The van der Waals surface area contributed by atoms with Gasteiger partial charge in [-0.25, -0.2) is 0 Å². The van der Waals surface area contributed by atoms with E-state index in [1.165, 1.54) is 64.2 Å². The summed E-state index contributed by atoms with van der Waals surface area (Å²) >= 11 is 0. The first-order valence-corrected chi connectivity index (χ1v) is 29.8. The molecule has 14 N–H and O–H groups in total. The van der Waals surface area contributed by atoms with Crippen LogP contribution in [0.25, 0.3) is 0 Å². The predicted octanol–water partition coefficient (Wildman–Crippen LogP) is -1.02. The van der Waals surface area contributed by atoms with Gasteiger partial charge in [0.1, 0.15) is 97.7 Å². The Morgan fingerprint density at radius 1 is 0.316 bits per heavy atom. The number of hydrogen-bond donors (Lipinski definition) is 14. The molecule has 79 heavy (non-hydrogen) atoms. The van der Waals surface area contributed by atoms with Crippen molar-refractivity contribution in [3.63, 3.8) is 0 Å². The van der Waals surface area contributed by atoms with Crippen LogP contribution in [0.2, 0.25) is 0 Å². The fourth-order valence-corrected chi connectivity index (χ4v) is 12.5. The number of rotatable bonds is 36. The molecule has 6 rings (SSSR count). The van der Waals surface area contributed by atoms with Crippen LogP contribution < -0.4 is 0 Å². The summed E-state index contributed by atoms with van der Waals surface area (Å²) in [4.78, 5) is 0. The Bertz CT molecular complexity index is 1520. The first kappa shape index (κ1) is 67.2. The molecule has 6 aliphatic rings. The van der Waals surface area contributed by atoms with Gasteiger partial charge in [0.05, 0.1) is 51.8 Å². The van der Waals surface area contributed by atoms with Crippen LogP contribution in [0.1, 0.15) is 136 Å². The Morgan fingerprint density at radius 3 is 0.911 bits per heavy atom. The van der Waals surface area contributed by atoms with Gasteiger partial charge in [-0.15, -0.1) is 0 Å². The van der Waals surface area contributed by atoms with Gasteiger partial charge in [0, 0.05) is 13.2 Å². The second-order valence-electron chi connectivity index (χ2n) is 22.9. The van der Waals surface area contributed by atoms with Crippen LogP contribution in [0.4, 0.5) is 0 Å². The molecule has 0 unspecified atom stereocenters. The molecule has 0 aromatic rings. The quantitative estimate of drug-likeness (QED) is 0.0334. The number of hydrogen-bond acceptors (Lipinski definition) is 24. The smallest absolute Gasteiger partial charge is 0.187 e. The second-order valence-corrected chi connectivity index (χ2v) is 22.9. The van der Waals surface area contributed by atoms with E-state index in [4.69, 9.17) is 47.4 Å². The normalized spacial score (nSPS) is 42.5. The molecule has 0 amide bonds. The monoisotopic (exact) mass is 1140 g/mol. The van der Waals surface area contributed by atoms with E-state index in [9.17, 15) is 71.5 Å². The fraction of sp³-hybridized carbons (Fsp3) is 1.00. The molecule has 2 aliphatic carbocycles. The summed E-state index contributed by atoms with van der Waals surface area (Å²) in [6, 6.07) is 0. The summed E-state index contributed by atoms with van der Waals surface area (Å²) in [5, 5.41) is 150. The number of aliphatic hydroxyl groups excluding tert-OH is 14. The van der Waals surface area contributed by atoms with Crippen LogP contribution in [0.5, 0.6) is 0 Å². The Kier molecular flexibility index (Phi) is 29.1. The molecule has 24 heteroatoms. The lowest BCUT2D eigenvalue weighted by molar-refractivity contribution is -0.378. The maximum Gasteiger partial charge on any atom is 0.187 e. The molecule has 464 valence electrons. The summed E-state index contributed by atoms with van der Waals surface area (Å²) in [5.74, 6) is -1.21. The van der Waals surface area contributed by atoms with Gasteiger partial charge in [0.2, 0.25) is 0 Å². The number of unbranched alkanes of at least 4 members (excludes halogenated alkanes) is 16. The van der Waals surface area contributed by atoms with Crippen LogP contribution >= 0.6 is 0 Å². The van der Waals surface area contributed by atoms with Crippen molar-refractivity contribution in [1.82, 2.24) is 0 Å². The Hall–Kier alpha value is -0.960. The van der Waals surface area contributed by atoms with Crippen LogP contribution in [0.15, 0.2) is 0 Å². The minimum atomic E-state index is -1.90. The fourth-order valence-electron chi connectivity index (χ4n) is 12.5. The largest absolute Gasteiger partial charge is 0.394 e. The predicted molar refractivity (Wildman–Crippen MR) is 277 cm³/mol. The van der Waals surface area contributed by atoms with Gasteiger partial charge in [-0.3, -0.25) is 0 Å². The van der Waals surface area contributed by atoms with Crippen molar-refractivity contribution in [2.45, 2.75) is 271 Å². The molecule has 0 aromatic heterocycles. The number of ether oxygens (including phenoxy) is 10. The van der Waals surface area contributed by atoms with E-state index in [1.54, 1.807) is 0 Å². The zero-order valence-electron chi connectivity index (χ0n) is 46.4. The van der Waals surface area contributed by atoms with Crippen molar-refractivity contribution in [3.8, 4) is 0 Å². The minimum Gasteiger partial charge on any atom is -0.394 e. The molecule has 26 atom stereocenters. The average molecular weight is 1150 g/mol. The van der Waals surface area contributed by atoms with E-state index >= 15 is 0 Å². The zero-order chi connectivity index (χ0) is 57.2. The van der Waals surface area contributed by atoms with E-state index in [2.05, 4.69) is 13.8 Å². The highest BCUT2D eigenvalue weighted by Crippen LogP contribution is 2.56. The molecule has 2 bridgehead atoms. The summed E-state index contributed by atoms with van der Waals surface area (Å²) < 4.78 is 61.1. The Labute approximate surface area is 465 Å². The first-order valence-electron chi connectivity index (χ1n) is 29.8. The third kappa shape index (κ3) is 17.6. The van der Waals surface area contributed by atoms with E-state index in [-0.39, 0.29) is 11.8 Å². The molecule has 4 heterocycles. The topological polar surface area (TPSA) is 376 Å². The van der Waals surface area contributed by atoms with Crippen molar-refractivity contribution in [2.24, 2.45) is 23.7 Å². The zero-order valence-corrected chi connectivity index (χ0v) is 46.4. The van der Waals surface area contributed by atoms with Gasteiger partial charge < -0.3 is 119 Å². The van der Waals surface area contributed by atoms with Crippen molar-refractivity contribution < 1.29 is 119 Å². The summed E-state index contributed by atoms with van der Waals surface area (Å²) in [7, 11) is 0. The maximum absolute atomic E-state index is 11.7. The lowest BCUT2D eigenvalue weighted by Crippen LogP contribution is -2.66. The lowest BCUT2D eigenvalue weighted by atomic mass is 9.76. The van der Waals surface area contributed by atoms with Crippen molar-refractivity contribution in [2.75, 3.05) is 52.9 Å². The second kappa shape index (κ2) is 34.3. The average Bonchev–Trinajstić information content (AvgIpc) is 4.18. The van der Waals surface area contributed by atoms with Gasteiger partial charge in [-0.05, 0) is 42.9 Å². The van der Waals surface area contributed by atoms with Gasteiger partial charge in [0.15, 0.2) is 25.2 Å². The molecule has 2 saturated carbocycles. The van der Waals surface area contributed by atoms with E-state index in [0.29, 0.717) is 32.8 Å². The van der Waals surface area contributed by atoms with E-state index in [1.807, 2.05) is 0 Å². The summed E-state index contributed by atoms with van der Waals surface area (Å²) in [5.41, 5.74) is 0. The molecular formula is C55H100O24. The maximum atomic E-state index is 11.7. The van der Waals surface area contributed by atoms with Gasteiger partial charge in [-0.1, -0.05) is 117 Å². The van der Waals surface area contributed by atoms with Crippen molar-refractivity contribution >= 4 is 0 Å². The highest BCUT2D eigenvalue weighted by Gasteiger charge is 2.63. The molecule has 4 aliphatic heterocycles. The molecule has 4 saturated heterocycles. The first-order chi connectivity index (χ1) is 38.1. The third-order valence-electron chi connectivity index (χ3n) is 17.3. The molecule has 0 radical (unpaired) electrons. The third-order valence-corrected chi connectivity index (χ3v) is 17.3. The highest BCUT2D eigenvalue weighted by molar-refractivity contribution is 5.09. The Morgan fingerprint density at radius 2 is 0.595 bits per heavy atom. The standard InChI is InChI=1S/C55H100O24/c1-3-5-7-9-11-13-15-17-19-21-70-28-32-30-23-31(33(32)29-71-22-20-18-16-14-12-10-8-6-4-2)49(77-55-47(69)43(65)51(37(27-59)75-55)79-53-45(67)41(63)39(61)35(25-57)73-53)48(30)76-54-46(68)42(64)50(36(26-58)74-54)78-52-44(66)40(62)38(60)34(24-56)72-52/h30-69H,3-29H2,1-2H3/t30-,31-,32-,33+,34+,35+,36+,37+,38+,39+,40-,41-,42+,43+,44+,45+,46+,47+,48+,49-,50+,51+,52+,53+,54-,55-/m0/s1. The molecule has 24 nitrogen and oxygen atoms in total.